The summed E-state index contributed by atoms with van der Waals surface area (Å²) in [4.78, 5) is 34.2. The summed E-state index contributed by atoms with van der Waals surface area (Å²) in [5.41, 5.74) is 11.9. The summed E-state index contributed by atoms with van der Waals surface area (Å²) in [6.07, 6.45) is 0. The predicted molar refractivity (Wildman–Crippen MR) is 117 cm³/mol. The van der Waals surface area contributed by atoms with Gasteiger partial charge in [0.2, 0.25) is 0 Å². The maximum absolute atomic E-state index is 12.4. The molecule has 2 aromatic carbocycles. The van der Waals surface area contributed by atoms with E-state index in [-0.39, 0.29) is 5.57 Å². The molecule has 0 saturated heterocycles. The Morgan fingerprint density at radius 1 is 1.22 bits per heavy atom. The number of hydrogen-bond acceptors (Lipinski definition) is 7. The Labute approximate surface area is 183 Å². The maximum atomic E-state index is 12.4. The topological polar surface area (TPSA) is 135 Å². The second-order valence-electron chi connectivity index (χ2n) is 6.85. The van der Waals surface area contributed by atoms with Gasteiger partial charge in [0.25, 0.3) is 5.91 Å². The molecule has 0 fully saturated rings. The van der Waals surface area contributed by atoms with Crippen LogP contribution < -0.4 is 14.9 Å². The molecule has 2 amide bonds. The van der Waals surface area contributed by atoms with Crippen LogP contribution in [0.25, 0.3) is 16.5 Å². The predicted octanol–water partition coefficient (Wildman–Crippen LogP) is 3.75. The molecule has 0 spiro atoms. The van der Waals surface area contributed by atoms with Gasteiger partial charge in [0.15, 0.2) is 6.61 Å². The van der Waals surface area contributed by atoms with E-state index in [1.165, 1.54) is 0 Å². The van der Waals surface area contributed by atoms with Crippen molar-refractivity contribution in [2.45, 2.75) is 13.5 Å². The van der Waals surface area contributed by atoms with Crippen molar-refractivity contribution in [1.82, 2.24) is 9.99 Å². The molecule has 10 heteroatoms. The lowest BCUT2D eigenvalue weighted by Gasteiger charge is -2.11. The first-order valence-electron chi connectivity index (χ1n) is 9.51. The Bertz CT molecular complexity index is 1230. The van der Waals surface area contributed by atoms with Crippen LogP contribution in [0.1, 0.15) is 16.8 Å². The normalized spacial score (nSPS) is 10.4. The highest BCUT2D eigenvalue weighted by molar-refractivity contribution is 6.23. The van der Waals surface area contributed by atoms with Gasteiger partial charge in [0, 0.05) is 28.6 Å². The van der Waals surface area contributed by atoms with Crippen LogP contribution in [0.15, 0.2) is 59.4 Å². The van der Waals surface area contributed by atoms with Crippen molar-refractivity contribution in [3.8, 4) is 11.5 Å². The third-order valence-corrected chi connectivity index (χ3v) is 4.97. The summed E-state index contributed by atoms with van der Waals surface area (Å²) in [5.74, 6) is -0.607. The van der Waals surface area contributed by atoms with Gasteiger partial charge in [-0.15, -0.1) is 4.91 Å². The summed E-state index contributed by atoms with van der Waals surface area (Å²) in [7, 11) is 1.59. The van der Waals surface area contributed by atoms with E-state index in [0.717, 1.165) is 11.1 Å². The van der Waals surface area contributed by atoms with Crippen LogP contribution in [0.3, 0.4) is 0 Å². The van der Waals surface area contributed by atoms with Crippen molar-refractivity contribution in [3.05, 3.63) is 70.8 Å². The number of carbonyl (C=O) groups excluding carboxylic acids is 2. The second-order valence-corrected chi connectivity index (χ2v) is 6.85. The van der Waals surface area contributed by atoms with Crippen LogP contribution in [0.5, 0.6) is 11.5 Å². The maximum Gasteiger partial charge on any atom is 0.323 e. The summed E-state index contributed by atoms with van der Waals surface area (Å²) in [6, 6.07) is 12.8. The molecule has 0 radical (unpaired) electrons. The summed E-state index contributed by atoms with van der Waals surface area (Å²) >= 11 is 0. The molecule has 0 bridgehead atoms. The molecule has 0 unspecified atom stereocenters. The van der Waals surface area contributed by atoms with Gasteiger partial charge in [-0.05, 0) is 36.8 Å². The molecule has 0 aliphatic rings. The fourth-order valence-corrected chi connectivity index (χ4v) is 3.54. The molecule has 2 N–H and O–H groups in total. The van der Waals surface area contributed by atoms with Gasteiger partial charge in [0.1, 0.15) is 11.5 Å². The van der Waals surface area contributed by atoms with E-state index in [1.807, 2.05) is 41.8 Å². The SMILES string of the molecule is C=C(C(=O)NN=N)c1c(C)n(Cc2cccc(OC)c2)c2cccc(OCC(=O)N=O)c12. The number of carbonyl (C=O) groups is 2. The molecule has 0 aliphatic heterocycles. The number of nitroso groups, excluding NO2 is 1. The van der Waals surface area contributed by atoms with E-state index < -0.39 is 18.4 Å². The van der Waals surface area contributed by atoms with Gasteiger partial charge < -0.3 is 14.0 Å². The van der Waals surface area contributed by atoms with E-state index in [4.69, 9.17) is 15.0 Å². The summed E-state index contributed by atoms with van der Waals surface area (Å²) in [5, 5.41) is 5.81. The lowest BCUT2D eigenvalue weighted by Crippen LogP contribution is -2.18. The Kier molecular flexibility index (Phi) is 6.74. The number of amides is 2. The van der Waals surface area contributed by atoms with Crippen LogP contribution >= 0.6 is 0 Å². The van der Waals surface area contributed by atoms with Crippen molar-refractivity contribution >= 4 is 28.3 Å². The van der Waals surface area contributed by atoms with Crippen molar-refractivity contribution in [1.29, 1.82) is 5.53 Å². The Balaban J connectivity index is 2.19. The number of methoxy groups -OCH3 is 1. The Morgan fingerprint density at radius 3 is 2.66 bits per heavy atom. The fraction of sp³-hybridized carbons (Fsp3) is 0.182. The quantitative estimate of drug-likeness (QED) is 0.228. The first-order valence-corrected chi connectivity index (χ1v) is 9.51. The number of benzene rings is 2. The molecule has 3 rings (SSSR count). The monoisotopic (exact) mass is 435 g/mol. The van der Waals surface area contributed by atoms with Gasteiger partial charge in [-0.2, -0.15) is 5.53 Å². The summed E-state index contributed by atoms with van der Waals surface area (Å²) < 4.78 is 12.8. The van der Waals surface area contributed by atoms with Gasteiger partial charge in [-0.25, -0.2) is 5.43 Å². The number of rotatable bonds is 9. The number of hydrogen-bond donors (Lipinski definition) is 2. The van der Waals surface area contributed by atoms with Crippen LogP contribution in [-0.2, 0) is 16.1 Å². The largest absolute Gasteiger partial charge is 0.497 e. The molecule has 32 heavy (non-hydrogen) atoms. The van der Waals surface area contributed by atoms with Crippen LogP contribution in [0, 0.1) is 17.4 Å². The minimum absolute atomic E-state index is 0.0729. The molecule has 3 aromatic rings. The highest BCUT2D eigenvalue weighted by Crippen LogP contribution is 2.38. The summed E-state index contributed by atoms with van der Waals surface area (Å²) in [6.45, 7) is 5.62. The molecule has 10 nitrogen and oxygen atoms in total. The van der Waals surface area contributed by atoms with Crippen molar-refractivity contribution in [3.63, 3.8) is 0 Å². The zero-order chi connectivity index (χ0) is 23.3. The Hall–Kier alpha value is -4.34. The van der Waals surface area contributed by atoms with E-state index in [1.54, 1.807) is 19.2 Å². The van der Waals surface area contributed by atoms with Crippen molar-refractivity contribution in [2.24, 2.45) is 10.4 Å². The zero-order valence-corrected chi connectivity index (χ0v) is 17.5. The molecule has 0 saturated carbocycles. The lowest BCUT2D eigenvalue weighted by molar-refractivity contribution is -0.120. The highest BCUT2D eigenvalue weighted by Gasteiger charge is 2.23. The standard InChI is InChI=1S/C22H21N5O5/c1-13(22(29)24-26-23)20-14(2)27(11-15-6-4-7-16(10-15)31-3)17-8-5-9-18(21(17)20)32-12-19(28)25-30/h4-10H,1,11-12H2,2-3H3,(H2,23,24,29). The van der Waals surface area contributed by atoms with E-state index in [2.05, 4.69) is 22.4 Å². The second kappa shape index (κ2) is 9.65. The number of aromatic nitrogens is 1. The number of fused-ring (bicyclic) bond motifs is 1. The first kappa shape index (κ1) is 22.3. The van der Waals surface area contributed by atoms with Crippen molar-refractivity contribution in [2.75, 3.05) is 13.7 Å². The number of nitrogens with zero attached hydrogens (tertiary/aromatic N) is 3. The molecular formula is C22H21N5O5. The first-order chi connectivity index (χ1) is 15.4. The number of ether oxygens (including phenoxy) is 2. The average Bonchev–Trinajstić information content (AvgIpc) is 3.08. The molecule has 0 aliphatic carbocycles. The van der Waals surface area contributed by atoms with Crippen LogP contribution in [-0.4, -0.2) is 30.1 Å². The Morgan fingerprint density at radius 2 is 1.97 bits per heavy atom. The third-order valence-electron chi connectivity index (χ3n) is 4.97. The molecule has 0 atom stereocenters. The molecule has 1 heterocycles. The molecule has 164 valence electrons. The fourth-order valence-electron chi connectivity index (χ4n) is 3.54. The van der Waals surface area contributed by atoms with Gasteiger partial charge in [0.05, 0.1) is 18.0 Å². The minimum Gasteiger partial charge on any atom is -0.497 e. The third kappa shape index (κ3) is 4.38. The smallest absolute Gasteiger partial charge is 0.323 e. The van der Waals surface area contributed by atoms with Crippen LogP contribution in [0.2, 0.25) is 0 Å². The van der Waals surface area contributed by atoms with Crippen LogP contribution in [0.4, 0.5) is 0 Å². The van der Waals surface area contributed by atoms with Gasteiger partial charge in [-0.3, -0.25) is 9.59 Å². The average molecular weight is 435 g/mol. The van der Waals surface area contributed by atoms with Gasteiger partial charge in [-0.1, -0.05) is 30.0 Å². The zero-order valence-electron chi connectivity index (χ0n) is 17.5. The lowest BCUT2D eigenvalue weighted by atomic mass is 10.0. The molecular weight excluding hydrogens is 414 g/mol. The minimum atomic E-state index is -0.958. The van der Waals surface area contributed by atoms with Gasteiger partial charge >= 0.3 is 5.91 Å². The van der Waals surface area contributed by atoms with E-state index in [0.29, 0.717) is 34.7 Å². The highest BCUT2D eigenvalue weighted by atomic mass is 16.5. The van der Waals surface area contributed by atoms with Crippen molar-refractivity contribution < 1.29 is 19.1 Å². The molecule has 1 aromatic heterocycles. The number of nitrogens with one attached hydrogen (secondary N) is 2. The van der Waals surface area contributed by atoms with E-state index in [9.17, 15) is 14.5 Å². The van der Waals surface area contributed by atoms with E-state index >= 15 is 0 Å².